The molecule has 0 saturated heterocycles. The SMILES string of the molecule is O=[Si](O)O.O=[Si](O)O.O=[Si](O)O.[AlH3].[AlH3].[O]. The van der Waals surface area contributed by atoms with Crippen LogP contribution in [-0.2, 0) is 18.9 Å². The molecule has 0 aromatic heterocycles. The average molecular weight is 310 g/mol. The Morgan fingerprint density at radius 2 is 0.533 bits per heavy atom. The minimum atomic E-state index is -3.13. The molecule has 2 radical (unpaired) electrons. The van der Waals surface area contributed by atoms with Gasteiger partial charge in [-0.15, -0.1) is 0 Å². The smallest absolute Gasteiger partial charge is 0.511 e. The first-order valence-electron chi connectivity index (χ1n) is 1.95. The van der Waals surface area contributed by atoms with E-state index in [4.69, 9.17) is 42.2 Å². The van der Waals surface area contributed by atoms with Crippen LogP contribution in [-0.4, -0.2) is 91.0 Å². The zero-order chi connectivity index (χ0) is 10.7. The molecule has 0 atom stereocenters. The Morgan fingerprint density at radius 3 is 0.533 bits per heavy atom. The van der Waals surface area contributed by atoms with Gasteiger partial charge >= 0.3 is 27.5 Å². The molecule has 0 amide bonds. The molecular weight excluding hydrogens is 298 g/mol. The van der Waals surface area contributed by atoms with Crippen LogP contribution in [0, 0.1) is 0 Å². The Bertz CT molecular complexity index is 116. The summed E-state index contributed by atoms with van der Waals surface area (Å²) in [5, 5.41) is 0. The van der Waals surface area contributed by atoms with Crippen LogP contribution in [0.5, 0.6) is 0 Å². The summed E-state index contributed by atoms with van der Waals surface area (Å²) in [6.45, 7) is 0. The molecule has 15 heteroatoms. The van der Waals surface area contributed by atoms with Crippen LogP contribution in [0.1, 0.15) is 0 Å². The summed E-state index contributed by atoms with van der Waals surface area (Å²) >= 11 is 0. The van der Waals surface area contributed by atoms with Crippen molar-refractivity contribution in [3.63, 3.8) is 0 Å². The van der Waals surface area contributed by atoms with Crippen molar-refractivity contribution in [3.8, 4) is 0 Å². The van der Waals surface area contributed by atoms with Crippen LogP contribution < -0.4 is 0 Å². The number of rotatable bonds is 0. The summed E-state index contributed by atoms with van der Waals surface area (Å²) in [6.07, 6.45) is 0. The summed E-state index contributed by atoms with van der Waals surface area (Å²) in [7, 11) is -9.39. The molecule has 0 aromatic rings. The molecule has 0 aliphatic heterocycles. The Morgan fingerprint density at radius 1 is 0.533 bits per heavy atom. The predicted molar refractivity (Wildman–Crippen MR) is 53.2 cm³/mol. The van der Waals surface area contributed by atoms with E-state index >= 15 is 0 Å². The lowest BCUT2D eigenvalue weighted by atomic mass is 15.8. The van der Waals surface area contributed by atoms with Crippen LogP contribution in [0.2, 0.25) is 0 Å². The maximum atomic E-state index is 8.74. The van der Waals surface area contributed by atoms with E-state index in [9.17, 15) is 0 Å². The van der Waals surface area contributed by atoms with Crippen molar-refractivity contribution in [1.29, 1.82) is 0 Å². The van der Waals surface area contributed by atoms with Crippen molar-refractivity contribution in [1.82, 2.24) is 0 Å². The molecule has 0 aliphatic carbocycles. The van der Waals surface area contributed by atoms with E-state index < -0.39 is 27.5 Å². The number of hydrogen-bond acceptors (Lipinski definition) is 3. The summed E-state index contributed by atoms with van der Waals surface area (Å²) in [4.78, 5) is 42.9. The molecule has 10 nitrogen and oxygen atoms in total. The van der Waals surface area contributed by atoms with Gasteiger partial charge in [0.15, 0.2) is 34.7 Å². The molecule has 0 rings (SSSR count). The van der Waals surface area contributed by atoms with Crippen molar-refractivity contribution in [3.05, 3.63) is 0 Å². The summed E-state index contributed by atoms with van der Waals surface area (Å²) in [5.41, 5.74) is 0. The van der Waals surface area contributed by atoms with Crippen LogP contribution in [0.15, 0.2) is 0 Å². The van der Waals surface area contributed by atoms with Crippen LogP contribution in [0.25, 0.3) is 0 Å². The molecule has 90 valence electrons. The molecule has 0 bridgehead atoms. The monoisotopic (exact) mass is 310 g/mol. The molecular formula is H12Al2O10Si3. The maximum Gasteiger partial charge on any atom is 0.761 e. The minimum Gasteiger partial charge on any atom is -0.511 e. The highest BCUT2D eigenvalue weighted by molar-refractivity contribution is 6.22. The third-order valence-corrected chi connectivity index (χ3v) is 0. The van der Waals surface area contributed by atoms with Gasteiger partial charge < -0.3 is 28.8 Å². The Hall–Kier alpha value is -0.124. The van der Waals surface area contributed by atoms with Crippen molar-refractivity contribution in [2.24, 2.45) is 0 Å². The molecule has 0 fully saturated rings. The fraction of sp³-hybridized carbons (Fsp3) is 0. The first-order valence-corrected chi connectivity index (χ1v) is 5.86. The van der Waals surface area contributed by atoms with E-state index in [-0.39, 0.29) is 40.2 Å². The first kappa shape index (κ1) is 36.4. The minimum absolute atomic E-state index is 0. The van der Waals surface area contributed by atoms with Crippen LogP contribution in [0.3, 0.4) is 0 Å². The van der Waals surface area contributed by atoms with E-state index in [1.807, 2.05) is 0 Å². The second kappa shape index (κ2) is 29.2. The van der Waals surface area contributed by atoms with Gasteiger partial charge in [0.1, 0.15) is 0 Å². The molecule has 15 heavy (non-hydrogen) atoms. The zero-order valence-corrected chi connectivity index (χ0v) is 8.82. The summed E-state index contributed by atoms with van der Waals surface area (Å²) in [5.74, 6) is 0. The third kappa shape index (κ3) is 126000. The summed E-state index contributed by atoms with van der Waals surface area (Å²) in [6, 6.07) is 0. The van der Waals surface area contributed by atoms with Crippen LogP contribution in [0.4, 0.5) is 0 Å². The molecule has 0 unspecified atom stereocenters. The van der Waals surface area contributed by atoms with E-state index in [1.165, 1.54) is 0 Å². The van der Waals surface area contributed by atoms with Gasteiger partial charge in [-0.2, -0.15) is 0 Å². The van der Waals surface area contributed by atoms with Crippen molar-refractivity contribution in [2.75, 3.05) is 0 Å². The van der Waals surface area contributed by atoms with Crippen molar-refractivity contribution >= 4 is 62.2 Å². The van der Waals surface area contributed by atoms with Crippen molar-refractivity contribution < 1.29 is 47.6 Å². The molecule has 0 heterocycles. The topological polar surface area (TPSA) is 201 Å². The highest BCUT2D eigenvalue weighted by Gasteiger charge is 1.85. The molecule has 0 saturated carbocycles. The van der Waals surface area contributed by atoms with Gasteiger partial charge in [0.25, 0.3) is 0 Å². The van der Waals surface area contributed by atoms with E-state index in [0.29, 0.717) is 0 Å². The lowest BCUT2D eigenvalue weighted by molar-refractivity contribution is 0.328. The standard InChI is InChI=1S/2Al.3H2O3Si.O.6H/c;;3*1-4(2)3;;;;;;;/h;;3*1-2H;;;;;;;. The molecule has 0 spiro atoms. The predicted octanol–water partition coefficient (Wildman–Crippen LogP) is -7.33. The number of hydrogen-bond donors (Lipinski definition) is 6. The quantitative estimate of drug-likeness (QED) is 0.235. The van der Waals surface area contributed by atoms with Gasteiger partial charge in [-0.05, 0) is 0 Å². The lowest BCUT2D eigenvalue weighted by Gasteiger charge is -1.55. The Kier molecular flexibility index (Phi) is 70.8. The second-order valence-electron chi connectivity index (χ2n) is 0.848. The highest BCUT2D eigenvalue weighted by Crippen LogP contribution is 1.27. The fourth-order valence-electron chi connectivity index (χ4n) is 0. The van der Waals surface area contributed by atoms with Gasteiger partial charge in [0.2, 0.25) is 0 Å². The third-order valence-electron chi connectivity index (χ3n) is 0. The van der Waals surface area contributed by atoms with Gasteiger partial charge in [-0.1, -0.05) is 0 Å². The summed E-state index contributed by atoms with van der Waals surface area (Å²) < 4.78 is 26.2. The maximum absolute atomic E-state index is 8.74. The van der Waals surface area contributed by atoms with Gasteiger partial charge in [-0.3, -0.25) is 13.4 Å². The van der Waals surface area contributed by atoms with Crippen molar-refractivity contribution in [2.45, 2.75) is 0 Å². The van der Waals surface area contributed by atoms with E-state index in [1.54, 1.807) is 0 Å². The van der Waals surface area contributed by atoms with Gasteiger partial charge in [0, 0.05) is 5.48 Å². The largest absolute Gasteiger partial charge is 0.761 e. The van der Waals surface area contributed by atoms with Gasteiger partial charge in [-0.25, -0.2) is 0 Å². The molecule has 0 aromatic carbocycles. The highest BCUT2D eigenvalue weighted by atomic mass is 28.3. The van der Waals surface area contributed by atoms with Gasteiger partial charge in [0.05, 0.1) is 0 Å². The first-order chi connectivity index (χ1) is 5.20. The zero-order valence-electron chi connectivity index (χ0n) is 5.82. The molecule has 6 N–H and O–H groups in total. The molecule has 0 aliphatic rings. The second-order valence-corrected chi connectivity index (χ2v) is 2.54. The van der Waals surface area contributed by atoms with Crippen LogP contribution >= 0.6 is 0 Å². The Labute approximate surface area is 110 Å². The van der Waals surface area contributed by atoms with E-state index in [2.05, 4.69) is 0 Å². The van der Waals surface area contributed by atoms with E-state index in [0.717, 1.165) is 0 Å². The normalized spacial score (nSPS) is 4.80. The average Bonchev–Trinajstić information content (AvgIpc) is 1.54. The Balaban J connectivity index is -0.0000000184. The lowest BCUT2D eigenvalue weighted by Crippen LogP contribution is -1.90. The fourth-order valence-corrected chi connectivity index (χ4v) is 0.